The number of nitrogens with zero attached hydrogens (tertiary/aromatic N) is 3. The Labute approximate surface area is 102 Å². The lowest BCUT2D eigenvalue weighted by molar-refractivity contribution is -0.144. The summed E-state index contributed by atoms with van der Waals surface area (Å²) in [5.41, 5.74) is 0.666. The summed E-state index contributed by atoms with van der Waals surface area (Å²) >= 11 is 0. The van der Waals surface area contributed by atoms with E-state index in [1.165, 1.54) is 19.4 Å². The monoisotopic (exact) mass is 261 g/mol. The Morgan fingerprint density at radius 3 is 2.39 bits per heavy atom. The van der Waals surface area contributed by atoms with E-state index in [0.29, 0.717) is 11.3 Å². The minimum Gasteiger partial charge on any atom is -0.496 e. The fourth-order valence-electron chi connectivity index (χ4n) is 1.40. The van der Waals surface area contributed by atoms with Crippen molar-refractivity contribution in [1.82, 2.24) is 14.6 Å². The SMILES string of the molecule is CC.COc1ccn2nc(C(F)(F)F)nc2c1C. The molecule has 18 heavy (non-hydrogen) atoms. The zero-order chi connectivity index (χ0) is 13.9. The van der Waals surface area contributed by atoms with Crippen LogP contribution in [-0.4, -0.2) is 21.7 Å². The van der Waals surface area contributed by atoms with Crippen molar-refractivity contribution < 1.29 is 17.9 Å². The molecule has 2 heterocycles. The Kier molecular flexibility index (Phi) is 4.15. The lowest BCUT2D eigenvalue weighted by atomic mass is 10.3. The molecule has 4 nitrogen and oxygen atoms in total. The number of ether oxygens (including phenoxy) is 1. The molecule has 0 N–H and O–H groups in total. The van der Waals surface area contributed by atoms with Crippen LogP contribution in [-0.2, 0) is 6.18 Å². The van der Waals surface area contributed by atoms with Crippen LogP contribution in [0.15, 0.2) is 12.3 Å². The first-order valence-electron chi connectivity index (χ1n) is 5.40. The van der Waals surface area contributed by atoms with Crippen LogP contribution in [0.4, 0.5) is 13.2 Å². The summed E-state index contributed by atoms with van der Waals surface area (Å²) in [6, 6.07) is 1.54. The van der Waals surface area contributed by atoms with Gasteiger partial charge in [-0.1, -0.05) is 13.8 Å². The maximum Gasteiger partial charge on any atom is 0.453 e. The van der Waals surface area contributed by atoms with Crippen molar-refractivity contribution in [3.8, 4) is 5.75 Å². The molecule has 0 spiro atoms. The van der Waals surface area contributed by atoms with Crippen LogP contribution in [0.2, 0.25) is 0 Å². The van der Waals surface area contributed by atoms with Crippen LogP contribution in [0.3, 0.4) is 0 Å². The van der Waals surface area contributed by atoms with Crippen LogP contribution in [0.5, 0.6) is 5.75 Å². The normalized spacial score (nSPS) is 11.1. The summed E-state index contributed by atoms with van der Waals surface area (Å²) in [5.74, 6) is -0.669. The van der Waals surface area contributed by atoms with Gasteiger partial charge in [-0.25, -0.2) is 9.50 Å². The molecule has 0 bridgehead atoms. The quantitative estimate of drug-likeness (QED) is 0.791. The van der Waals surface area contributed by atoms with Crippen LogP contribution < -0.4 is 4.74 Å². The summed E-state index contributed by atoms with van der Waals surface area (Å²) in [7, 11) is 1.44. The summed E-state index contributed by atoms with van der Waals surface area (Å²) in [4.78, 5) is 3.44. The van der Waals surface area contributed by atoms with Gasteiger partial charge in [-0.15, -0.1) is 5.10 Å². The van der Waals surface area contributed by atoms with Gasteiger partial charge in [0.1, 0.15) is 5.75 Å². The minimum atomic E-state index is -4.54. The maximum atomic E-state index is 12.4. The minimum absolute atomic E-state index is 0.145. The van der Waals surface area contributed by atoms with E-state index in [2.05, 4.69) is 10.1 Å². The molecule has 0 fully saturated rings. The maximum absolute atomic E-state index is 12.4. The molecule has 2 aromatic heterocycles. The highest BCUT2D eigenvalue weighted by Gasteiger charge is 2.36. The first-order valence-corrected chi connectivity index (χ1v) is 5.40. The fraction of sp³-hybridized carbons (Fsp3) is 0.455. The van der Waals surface area contributed by atoms with Gasteiger partial charge in [0.15, 0.2) is 5.65 Å². The largest absolute Gasteiger partial charge is 0.496 e. The standard InChI is InChI=1S/C9H8F3N3O.C2H6/c1-5-6(16-2)3-4-15-7(5)13-8(14-15)9(10,11)12;1-2/h3-4H,1-2H3;1-2H3. The molecule has 0 aliphatic carbocycles. The molecule has 0 radical (unpaired) electrons. The molecule has 0 aliphatic rings. The van der Waals surface area contributed by atoms with E-state index in [9.17, 15) is 13.2 Å². The second-order valence-corrected chi connectivity index (χ2v) is 3.21. The molecule has 0 aromatic carbocycles. The van der Waals surface area contributed by atoms with E-state index in [-0.39, 0.29) is 5.65 Å². The third-order valence-corrected chi connectivity index (χ3v) is 2.18. The van der Waals surface area contributed by atoms with Crippen LogP contribution in [0, 0.1) is 6.92 Å². The van der Waals surface area contributed by atoms with Gasteiger partial charge in [0.25, 0.3) is 5.82 Å². The molecular weight excluding hydrogens is 247 g/mol. The molecule has 0 aliphatic heterocycles. The number of methoxy groups -OCH3 is 1. The van der Waals surface area contributed by atoms with Gasteiger partial charge in [0, 0.05) is 11.8 Å². The van der Waals surface area contributed by atoms with Gasteiger partial charge in [0.2, 0.25) is 0 Å². The van der Waals surface area contributed by atoms with Crippen molar-refractivity contribution in [2.45, 2.75) is 26.9 Å². The highest BCUT2D eigenvalue weighted by molar-refractivity contribution is 5.53. The highest BCUT2D eigenvalue weighted by atomic mass is 19.4. The molecular formula is C11H14F3N3O. The second-order valence-electron chi connectivity index (χ2n) is 3.21. The Morgan fingerprint density at radius 1 is 1.28 bits per heavy atom. The fourth-order valence-corrected chi connectivity index (χ4v) is 1.40. The summed E-state index contributed by atoms with van der Waals surface area (Å²) < 4.78 is 43.2. The van der Waals surface area contributed by atoms with Crippen molar-refractivity contribution in [1.29, 1.82) is 0 Å². The van der Waals surface area contributed by atoms with Crippen molar-refractivity contribution >= 4 is 5.65 Å². The van der Waals surface area contributed by atoms with Gasteiger partial charge in [0.05, 0.1) is 7.11 Å². The number of hydrogen-bond acceptors (Lipinski definition) is 3. The van der Waals surface area contributed by atoms with Crippen LogP contribution in [0.25, 0.3) is 5.65 Å². The number of fused-ring (bicyclic) bond motifs is 1. The number of hydrogen-bond donors (Lipinski definition) is 0. The Bertz CT molecular complexity index is 534. The van der Waals surface area contributed by atoms with E-state index in [4.69, 9.17) is 4.74 Å². The smallest absolute Gasteiger partial charge is 0.453 e. The molecule has 0 saturated carbocycles. The first-order chi connectivity index (χ1) is 8.43. The predicted molar refractivity (Wildman–Crippen MR) is 60.6 cm³/mol. The van der Waals surface area contributed by atoms with E-state index in [1.54, 1.807) is 6.92 Å². The van der Waals surface area contributed by atoms with Crippen molar-refractivity contribution in [3.63, 3.8) is 0 Å². The zero-order valence-electron chi connectivity index (χ0n) is 10.5. The number of pyridine rings is 1. The number of halogens is 3. The summed E-state index contributed by atoms with van der Waals surface area (Å²) in [5, 5.41) is 3.35. The number of aryl methyl sites for hydroxylation is 1. The van der Waals surface area contributed by atoms with Crippen LogP contribution in [0.1, 0.15) is 25.2 Å². The number of rotatable bonds is 1. The lowest BCUT2D eigenvalue weighted by Crippen LogP contribution is -2.07. The second kappa shape index (κ2) is 5.24. The molecule has 100 valence electrons. The van der Waals surface area contributed by atoms with Gasteiger partial charge in [-0.05, 0) is 13.0 Å². The Balaban J connectivity index is 0.000000771. The van der Waals surface area contributed by atoms with Crippen molar-refractivity contribution in [2.75, 3.05) is 7.11 Å². The third kappa shape index (κ3) is 2.55. The highest BCUT2D eigenvalue weighted by Crippen LogP contribution is 2.28. The molecule has 0 unspecified atom stereocenters. The number of aromatic nitrogens is 3. The van der Waals surface area contributed by atoms with Gasteiger partial charge >= 0.3 is 6.18 Å². The topological polar surface area (TPSA) is 39.4 Å². The number of alkyl halides is 3. The van der Waals surface area contributed by atoms with Crippen LogP contribution >= 0.6 is 0 Å². The Hall–Kier alpha value is -1.79. The third-order valence-electron chi connectivity index (χ3n) is 2.18. The molecule has 0 saturated heterocycles. The average Bonchev–Trinajstić information content (AvgIpc) is 2.77. The first kappa shape index (κ1) is 14.3. The summed E-state index contributed by atoms with van der Waals surface area (Å²) in [6.45, 7) is 5.63. The molecule has 2 rings (SSSR count). The lowest BCUT2D eigenvalue weighted by Gasteiger charge is -2.03. The summed E-state index contributed by atoms with van der Waals surface area (Å²) in [6.07, 6.45) is -3.16. The van der Waals surface area contributed by atoms with Gasteiger partial charge in [-0.2, -0.15) is 13.2 Å². The Morgan fingerprint density at radius 2 is 1.89 bits per heavy atom. The predicted octanol–water partition coefficient (Wildman–Crippen LogP) is 3.09. The van der Waals surface area contributed by atoms with Gasteiger partial charge in [-0.3, -0.25) is 0 Å². The molecule has 2 aromatic rings. The van der Waals surface area contributed by atoms with Gasteiger partial charge < -0.3 is 4.74 Å². The van der Waals surface area contributed by atoms with Crippen molar-refractivity contribution in [3.05, 3.63) is 23.7 Å². The van der Waals surface area contributed by atoms with E-state index in [0.717, 1.165) is 4.52 Å². The van der Waals surface area contributed by atoms with E-state index < -0.39 is 12.0 Å². The van der Waals surface area contributed by atoms with E-state index >= 15 is 0 Å². The molecule has 0 atom stereocenters. The molecule has 7 heteroatoms. The average molecular weight is 261 g/mol. The molecule has 0 amide bonds. The van der Waals surface area contributed by atoms with Crippen molar-refractivity contribution in [2.24, 2.45) is 0 Å². The van der Waals surface area contributed by atoms with E-state index in [1.807, 2.05) is 13.8 Å². The zero-order valence-corrected chi connectivity index (χ0v) is 10.5.